The van der Waals surface area contributed by atoms with E-state index in [1.54, 1.807) is 49.4 Å². The molecule has 0 aromatic heterocycles. The number of hydrogen-bond donors (Lipinski definition) is 2. The number of benzene rings is 3. The van der Waals surface area contributed by atoms with Crippen molar-refractivity contribution in [3.8, 4) is 0 Å². The number of amides is 2. The largest absolute Gasteiger partial charge is 0.322 e. The van der Waals surface area contributed by atoms with Crippen molar-refractivity contribution in [1.29, 1.82) is 0 Å². The third-order valence-corrected chi connectivity index (χ3v) is 4.63. The van der Waals surface area contributed by atoms with Gasteiger partial charge in [0.15, 0.2) is 0 Å². The van der Waals surface area contributed by atoms with E-state index in [2.05, 4.69) is 15.8 Å². The molecule has 0 bridgehead atoms. The zero-order valence-corrected chi connectivity index (χ0v) is 16.8. The summed E-state index contributed by atoms with van der Waals surface area (Å²) in [6, 6.07) is 21.2. The van der Waals surface area contributed by atoms with E-state index in [0.717, 1.165) is 11.1 Å². The first-order chi connectivity index (χ1) is 13.9. The van der Waals surface area contributed by atoms with Gasteiger partial charge in [0.2, 0.25) is 0 Å². The predicted octanol–water partition coefficient (Wildman–Crippen LogP) is 5.05. The number of halogens is 1. The second-order valence-corrected chi connectivity index (χ2v) is 6.93. The lowest BCUT2D eigenvalue weighted by molar-refractivity contribution is 0.0953. The van der Waals surface area contributed by atoms with Gasteiger partial charge in [-0.3, -0.25) is 9.59 Å². The Balaban J connectivity index is 1.63. The lowest BCUT2D eigenvalue weighted by Crippen LogP contribution is -2.20. The summed E-state index contributed by atoms with van der Waals surface area (Å²) in [6.07, 6.45) is 0. The van der Waals surface area contributed by atoms with Gasteiger partial charge in [0.05, 0.1) is 5.71 Å². The van der Waals surface area contributed by atoms with Crippen molar-refractivity contribution in [2.75, 3.05) is 5.32 Å². The van der Waals surface area contributed by atoms with Crippen LogP contribution in [0.4, 0.5) is 5.69 Å². The van der Waals surface area contributed by atoms with Gasteiger partial charge in [-0.1, -0.05) is 41.9 Å². The smallest absolute Gasteiger partial charge is 0.271 e. The molecule has 0 saturated heterocycles. The number of nitrogens with zero attached hydrogens (tertiary/aromatic N) is 1. The Kier molecular flexibility index (Phi) is 6.42. The van der Waals surface area contributed by atoms with E-state index in [1.807, 2.05) is 37.3 Å². The van der Waals surface area contributed by atoms with E-state index < -0.39 is 0 Å². The van der Waals surface area contributed by atoms with Gasteiger partial charge in [0.1, 0.15) is 0 Å². The van der Waals surface area contributed by atoms with Gasteiger partial charge in [-0.05, 0) is 67.4 Å². The Morgan fingerprint density at radius 3 is 2.10 bits per heavy atom. The maximum absolute atomic E-state index is 12.3. The summed E-state index contributed by atoms with van der Waals surface area (Å²) in [7, 11) is 0. The molecule has 3 aromatic carbocycles. The summed E-state index contributed by atoms with van der Waals surface area (Å²) in [5.41, 5.74) is 6.72. The molecule has 0 atom stereocenters. The van der Waals surface area contributed by atoms with Crippen LogP contribution in [-0.4, -0.2) is 17.5 Å². The predicted molar refractivity (Wildman–Crippen MR) is 117 cm³/mol. The molecule has 0 spiro atoms. The summed E-state index contributed by atoms with van der Waals surface area (Å²) in [6.45, 7) is 3.68. The molecule has 0 heterocycles. The van der Waals surface area contributed by atoms with Crippen LogP contribution in [0, 0.1) is 6.92 Å². The Morgan fingerprint density at radius 2 is 1.45 bits per heavy atom. The summed E-state index contributed by atoms with van der Waals surface area (Å²) >= 11 is 5.84. The van der Waals surface area contributed by atoms with E-state index in [9.17, 15) is 9.59 Å². The molecule has 3 aromatic rings. The average molecular weight is 406 g/mol. The second-order valence-electron chi connectivity index (χ2n) is 6.49. The van der Waals surface area contributed by atoms with Crippen molar-refractivity contribution < 1.29 is 9.59 Å². The zero-order valence-electron chi connectivity index (χ0n) is 16.1. The molecule has 0 aliphatic heterocycles. The SMILES string of the molecule is CC(=NNC(=O)c1ccccc1C)c1ccc(NC(=O)c2ccc(Cl)cc2)cc1. The van der Waals surface area contributed by atoms with Gasteiger partial charge in [-0.2, -0.15) is 5.10 Å². The van der Waals surface area contributed by atoms with Gasteiger partial charge in [0.25, 0.3) is 11.8 Å². The Bertz CT molecular complexity index is 1060. The Morgan fingerprint density at radius 1 is 0.828 bits per heavy atom. The number of rotatable bonds is 5. The van der Waals surface area contributed by atoms with Crippen molar-refractivity contribution in [3.63, 3.8) is 0 Å². The minimum atomic E-state index is -0.255. The normalized spacial score (nSPS) is 11.1. The molecule has 3 rings (SSSR count). The van der Waals surface area contributed by atoms with Crippen molar-refractivity contribution in [3.05, 3.63) is 100 Å². The minimum Gasteiger partial charge on any atom is -0.322 e. The zero-order chi connectivity index (χ0) is 20.8. The average Bonchev–Trinajstić information content (AvgIpc) is 2.73. The summed E-state index contributed by atoms with van der Waals surface area (Å²) in [5, 5.41) is 7.58. The molecule has 0 unspecified atom stereocenters. The molecular formula is C23H20ClN3O2. The maximum atomic E-state index is 12.3. The highest BCUT2D eigenvalue weighted by Gasteiger charge is 2.08. The topological polar surface area (TPSA) is 70.6 Å². The fraction of sp³-hybridized carbons (Fsp3) is 0.0870. The molecule has 0 aliphatic rings. The first-order valence-corrected chi connectivity index (χ1v) is 9.39. The molecule has 2 N–H and O–H groups in total. The van der Waals surface area contributed by atoms with Crippen LogP contribution in [0.1, 0.15) is 38.8 Å². The van der Waals surface area contributed by atoms with E-state index in [-0.39, 0.29) is 11.8 Å². The molecule has 0 saturated carbocycles. The summed E-state index contributed by atoms with van der Waals surface area (Å²) < 4.78 is 0. The molecule has 0 aliphatic carbocycles. The third-order valence-electron chi connectivity index (χ3n) is 4.38. The van der Waals surface area contributed by atoms with Gasteiger partial charge < -0.3 is 5.32 Å². The lowest BCUT2D eigenvalue weighted by atomic mass is 10.1. The van der Waals surface area contributed by atoms with Crippen LogP contribution in [0.5, 0.6) is 0 Å². The third kappa shape index (κ3) is 5.30. The van der Waals surface area contributed by atoms with Crippen LogP contribution in [-0.2, 0) is 0 Å². The van der Waals surface area contributed by atoms with Gasteiger partial charge in [0, 0.05) is 21.8 Å². The Hall–Kier alpha value is -3.44. The molecule has 29 heavy (non-hydrogen) atoms. The van der Waals surface area contributed by atoms with Crippen LogP contribution in [0.25, 0.3) is 0 Å². The second kappa shape index (κ2) is 9.17. The summed E-state index contributed by atoms with van der Waals surface area (Å²) in [5.74, 6) is -0.473. The fourth-order valence-electron chi connectivity index (χ4n) is 2.69. The first kappa shape index (κ1) is 20.3. The Labute approximate surface area is 174 Å². The van der Waals surface area contributed by atoms with E-state index in [1.165, 1.54) is 0 Å². The highest BCUT2D eigenvalue weighted by molar-refractivity contribution is 6.30. The minimum absolute atomic E-state index is 0.217. The highest BCUT2D eigenvalue weighted by Crippen LogP contribution is 2.14. The molecule has 5 nitrogen and oxygen atoms in total. The number of hydrogen-bond acceptors (Lipinski definition) is 3. The molecule has 146 valence electrons. The van der Waals surface area contributed by atoms with E-state index in [0.29, 0.717) is 27.5 Å². The van der Waals surface area contributed by atoms with Crippen molar-refractivity contribution in [2.45, 2.75) is 13.8 Å². The van der Waals surface area contributed by atoms with Crippen molar-refractivity contribution in [2.24, 2.45) is 5.10 Å². The van der Waals surface area contributed by atoms with Gasteiger partial charge in [-0.15, -0.1) is 0 Å². The fourth-order valence-corrected chi connectivity index (χ4v) is 2.81. The van der Waals surface area contributed by atoms with Crippen LogP contribution in [0.15, 0.2) is 77.9 Å². The summed E-state index contributed by atoms with van der Waals surface area (Å²) in [4.78, 5) is 24.5. The first-order valence-electron chi connectivity index (χ1n) is 9.01. The standard InChI is InChI=1S/C23H20ClN3O2/c1-15-5-3-4-6-21(15)23(29)27-26-16(2)17-9-13-20(14-10-17)25-22(28)18-7-11-19(24)12-8-18/h3-14H,1-2H3,(H,25,28)(H,27,29). The van der Waals surface area contributed by atoms with Crippen LogP contribution in [0.2, 0.25) is 5.02 Å². The quantitative estimate of drug-likeness (QED) is 0.460. The molecule has 0 radical (unpaired) electrons. The van der Waals surface area contributed by atoms with E-state index >= 15 is 0 Å². The molecule has 2 amide bonds. The number of anilines is 1. The maximum Gasteiger partial charge on any atom is 0.271 e. The molecular weight excluding hydrogens is 386 g/mol. The van der Waals surface area contributed by atoms with Gasteiger partial charge in [-0.25, -0.2) is 5.43 Å². The number of carbonyl (C=O) groups is 2. The monoisotopic (exact) mass is 405 g/mol. The number of hydrazone groups is 1. The molecule has 6 heteroatoms. The van der Waals surface area contributed by atoms with Crippen molar-refractivity contribution >= 4 is 34.8 Å². The van der Waals surface area contributed by atoms with E-state index in [4.69, 9.17) is 11.6 Å². The van der Waals surface area contributed by atoms with Crippen LogP contribution >= 0.6 is 11.6 Å². The number of nitrogens with one attached hydrogen (secondary N) is 2. The van der Waals surface area contributed by atoms with Crippen LogP contribution in [0.3, 0.4) is 0 Å². The highest BCUT2D eigenvalue weighted by atomic mass is 35.5. The van der Waals surface area contributed by atoms with Gasteiger partial charge >= 0.3 is 0 Å². The van der Waals surface area contributed by atoms with Crippen molar-refractivity contribution in [1.82, 2.24) is 5.43 Å². The number of carbonyl (C=O) groups excluding carboxylic acids is 2. The lowest BCUT2D eigenvalue weighted by Gasteiger charge is -2.08. The molecule has 0 fully saturated rings. The number of aryl methyl sites for hydroxylation is 1. The van der Waals surface area contributed by atoms with Crippen LogP contribution < -0.4 is 10.7 Å².